The molecule has 652 valence electrons. The van der Waals surface area contributed by atoms with Gasteiger partial charge in [0.25, 0.3) is 11.8 Å². The number of aromatic nitrogens is 2. The number of hydrogen-bond donors (Lipinski definition) is 4. The number of amides is 10. The molecule has 8 aliphatic heterocycles. The minimum absolute atomic E-state index is 0.00224. The second-order valence-electron chi connectivity index (χ2n) is 34.2. The van der Waals surface area contributed by atoms with Gasteiger partial charge in [0.15, 0.2) is 0 Å². The highest BCUT2D eigenvalue weighted by molar-refractivity contribution is 5.98. The van der Waals surface area contributed by atoms with Gasteiger partial charge in [-0.2, -0.15) is 0 Å². The van der Waals surface area contributed by atoms with E-state index in [9.17, 15) is 48.6 Å². The molecule has 8 saturated heterocycles. The zero-order valence-corrected chi connectivity index (χ0v) is 72.8. The Morgan fingerprint density at radius 2 is 0.627 bits per heavy atom. The summed E-state index contributed by atoms with van der Waals surface area (Å²) in [4.78, 5) is 124. The molecule has 8 fully saturated rings. The second-order valence-corrected chi connectivity index (χ2v) is 34.2. The van der Waals surface area contributed by atoms with Gasteiger partial charge >= 0.3 is 12.1 Å². The van der Waals surface area contributed by atoms with Crippen LogP contribution in [0.25, 0.3) is 44.5 Å². The number of nitrogens with zero attached hydrogens (tertiary/aromatic N) is 10. The van der Waals surface area contributed by atoms with Crippen LogP contribution in [-0.2, 0) is 28.7 Å². The largest absolute Gasteiger partial charge is 0.394 e. The van der Waals surface area contributed by atoms with E-state index in [0.29, 0.717) is 63.6 Å². The molecule has 18 rings (SSSR count). The number of methoxy groups -OCH3 is 2. The number of aliphatic hydroxyl groups excluding tert-OH is 2. The maximum atomic E-state index is 13.0. The van der Waals surface area contributed by atoms with Gasteiger partial charge in [-0.15, -0.1) is 0 Å². The number of piperazine rings is 4. The van der Waals surface area contributed by atoms with Crippen molar-refractivity contribution in [1.29, 1.82) is 0 Å². The van der Waals surface area contributed by atoms with Crippen LogP contribution in [0.2, 0.25) is 0 Å². The van der Waals surface area contributed by atoms with Crippen LogP contribution in [0.15, 0.2) is 243 Å². The number of benzene rings is 8. The van der Waals surface area contributed by atoms with E-state index in [0.717, 1.165) is 51.8 Å². The summed E-state index contributed by atoms with van der Waals surface area (Å²) in [5, 5.41) is 25.7. The predicted octanol–water partition coefficient (Wildman–Crippen LogP) is 12.5. The summed E-state index contributed by atoms with van der Waals surface area (Å²) in [5.41, 5.74) is 19.7. The molecule has 0 aliphatic carbocycles. The molecule has 12 atom stereocenters. The van der Waals surface area contributed by atoms with E-state index in [1.807, 2.05) is 29.7 Å². The minimum Gasteiger partial charge on any atom is -0.394 e. The molecule has 24 heteroatoms. The highest BCUT2D eigenvalue weighted by atomic mass is 16.5. The van der Waals surface area contributed by atoms with Gasteiger partial charge < -0.3 is 69.5 Å². The van der Waals surface area contributed by atoms with Gasteiger partial charge in [0, 0.05) is 102 Å². The van der Waals surface area contributed by atoms with E-state index in [-0.39, 0.29) is 159 Å². The van der Waals surface area contributed by atoms with E-state index in [4.69, 9.17) is 9.47 Å². The van der Waals surface area contributed by atoms with E-state index in [2.05, 4.69) is 236 Å². The number of rotatable bonds is 20. The first-order chi connectivity index (χ1) is 61.2. The molecule has 0 spiro atoms. The van der Waals surface area contributed by atoms with Crippen molar-refractivity contribution >= 4 is 47.5 Å². The summed E-state index contributed by atoms with van der Waals surface area (Å²) >= 11 is 0. The van der Waals surface area contributed by atoms with Crippen LogP contribution in [-0.4, -0.2) is 261 Å². The lowest BCUT2D eigenvalue weighted by Crippen LogP contribution is -2.74. The number of aryl methyl sites for hydroxylation is 4. The number of carbonyl (C=O) groups is 8. The zero-order chi connectivity index (χ0) is 88.4. The number of ether oxygens (including phenoxy) is 2. The molecule has 0 unspecified atom stereocenters. The fourth-order valence-corrected chi connectivity index (χ4v) is 19.8. The average Bonchev–Trinajstić information content (AvgIpc) is 0.739. The minimum atomic E-state index is -0.257. The number of fused-ring (bicyclic) bond motifs is 4. The maximum absolute atomic E-state index is 13.0. The van der Waals surface area contributed by atoms with E-state index in [1.54, 1.807) is 86.5 Å². The summed E-state index contributed by atoms with van der Waals surface area (Å²) in [6, 6.07) is 73.3. The fourth-order valence-electron chi connectivity index (χ4n) is 19.8. The smallest absolute Gasteiger partial charge is 0.317 e. The Morgan fingerprint density at radius 3 is 0.881 bits per heavy atom. The molecule has 10 heterocycles. The average molecular weight is 1700 g/mol. The number of pyridine rings is 2. The SMILES string of the molecule is CCCNC(=O)N1CC(=O)N2[C@H](CO)[C@@H](c3ccc(-c4cccc(C)c4)cc3)[C@@H]2C1.CCCNC(=O)N1CC(=O)N2[C@H](COC)[C@@H](c3ccc(-c4cccc(C)c4)cc3)[C@@H]2C1.COC[C@H]1[C@H](c2ccc(-c3cccc(C)c3)cc2)[C@H]2CN(C(=O)c3cccnc3)CC(=O)N21.Cc1cccc(-c2ccc([C@@H]3[C@H]4CN(C(=O)c5cccnc5)CC(=O)N4[C@H]3CO)cc2)c1. The third-order valence-corrected chi connectivity index (χ3v) is 25.9. The monoisotopic (exact) mass is 1700 g/mol. The molecule has 10 amide bonds. The lowest BCUT2D eigenvalue weighted by molar-refractivity contribution is -0.161. The molecule has 4 N–H and O–H groups in total. The molecular weight excluding hydrogens is 1590 g/mol. The normalized spacial score (nSPS) is 22.5. The van der Waals surface area contributed by atoms with Gasteiger partial charge in [0.05, 0.1) is 85.9 Å². The number of nitrogens with one attached hydrogen (secondary N) is 2. The third-order valence-electron chi connectivity index (χ3n) is 25.9. The van der Waals surface area contributed by atoms with Gasteiger partial charge in [0.2, 0.25) is 23.6 Å². The second kappa shape index (κ2) is 39.6. The fraction of sp³-hybridized carbons (Fsp3) is 0.353. The van der Waals surface area contributed by atoms with Crippen LogP contribution in [0, 0.1) is 27.7 Å². The van der Waals surface area contributed by atoms with E-state index in [1.165, 1.54) is 56.3 Å². The van der Waals surface area contributed by atoms with Crippen molar-refractivity contribution in [2.75, 3.05) is 106 Å². The van der Waals surface area contributed by atoms with Crippen LogP contribution >= 0.6 is 0 Å². The Hall–Kier alpha value is -12.7. The Balaban J connectivity index is 0.000000130. The molecule has 2 aromatic heterocycles. The topological polar surface area (TPSA) is 271 Å². The summed E-state index contributed by atoms with van der Waals surface area (Å²) in [6.45, 7) is 16.7. The highest BCUT2D eigenvalue weighted by Gasteiger charge is 2.59. The molecule has 0 saturated carbocycles. The van der Waals surface area contributed by atoms with Crippen molar-refractivity contribution in [2.24, 2.45) is 0 Å². The first-order valence-electron chi connectivity index (χ1n) is 43.8. The molecule has 10 aromatic rings. The van der Waals surface area contributed by atoms with Gasteiger partial charge in [0.1, 0.15) is 26.2 Å². The lowest BCUT2D eigenvalue weighted by Gasteiger charge is -2.59. The van der Waals surface area contributed by atoms with Crippen LogP contribution in [0.3, 0.4) is 0 Å². The Morgan fingerprint density at radius 1 is 0.357 bits per heavy atom. The number of carbonyl (C=O) groups excluding carboxylic acids is 8. The van der Waals surface area contributed by atoms with Crippen molar-refractivity contribution in [3.05, 3.63) is 299 Å². The van der Waals surface area contributed by atoms with Gasteiger partial charge in [-0.3, -0.25) is 38.7 Å². The first-order valence-corrected chi connectivity index (χ1v) is 43.8. The lowest BCUT2D eigenvalue weighted by atomic mass is 9.73. The first kappa shape index (κ1) is 88.1. The van der Waals surface area contributed by atoms with Crippen LogP contribution in [0.5, 0.6) is 0 Å². The van der Waals surface area contributed by atoms with Crippen molar-refractivity contribution in [1.82, 2.24) is 59.8 Å². The van der Waals surface area contributed by atoms with Crippen molar-refractivity contribution in [3.63, 3.8) is 0 Å². The predicted molar refractivity (Wildman–Crippen MR) is 484 cm³/mol. The van der Waals surface area contributed by atoms with Crippen LogP contribution in [0.1, 0.15) is 116 Å². The van der Waals surface area contributed by atoms with Gasteiger partial charge in [-0.25, -0.2) is 9.59 Å². The molecule has 0 radical (unpaired) electrons. The molecule has 0 bridgehead atoms. The molecule has 8 aromatic carbocycles. The number of hydrogen-bond acceptors (Lipinski definition) is 14. The quantitative estimate of drug-likeness (QED) is 0.0553. The highest BCUT2D eigenvalue weighted by Crippen LogP contribution is 2.48. The molecule has 8 aliphatic rings. The summed E-state index contributed by atoms with van der Waals surface area (Å²) < 4.78 is 10.9. The van der Waals surface area contributed by atoms with Crippen molar-refractivity contribution < 1.29 is 58.0 Å². The van der Waals surface area contributed by atoms with Crippen molar-refractivity contribution in [3.8, 4) is 44.5 Å². The molecule has 24 nitrogen and oxygen atoms in total. The Kier molecular flexibility index (Phi) is 27.7. The standard InChI is InChI=1S/C27H27N3O3.C26H25N3O3.C25H31N3O3.C24H29N3O3/c1-18-5-3-6-21(13-18)19-8-10-20(11-9-19)26-23-15-29(27(32)22-7-4-12-28-14-22)16-25(31)30(23)24(26)17-33-2;1-17-4-2-5-20(12-17)18-7-9-19(10-8-18)25-22-14-28(15-24(31)29(22)23(25)16-30)26(32)21-6-3-11-27-13-21;1-4-12-26-25(30)27-14-21-24(22(16-31-3)28(21)23(29)15-27)19-10-8-18(9-11-19)20-7-5-6-17(2)13-20;1-3-11-25-24(30)26-13-20-23(21(15-28)27(20)22(29)14-26)18-9-7-17(8-10-18)19-6-4-5-16(2)12-19/h3-14,23-24,26H,15-17H2,1-2H3;2-13,22-23,25,30H,14-16H2,1H3;5-11,13,21-22,24H,4,12,14-16H2,1-3H3,(H,26,30);4-10,12,20-21,23,28H,3,11,13-15H2,1-2H3,(H,25,30)/t23-,24+,26-;22-,23+,25-;21-,22+,24-;20-,21+,23-/m1100/s1. The van der Waals surface area contributed by atoms with Crippen molar-refractivity contribution in [2.45, 2.75) is 126 Å². The van der Waals surface area contributed by atoms with Gasteiger partial charge in [-0.1, -0.05) is 230 Å². The summed E-state index contributed by atoms with van der Waals surface area (Å²) in [5.74, 6) is -0.313. The van der Waals surface area contributed by atoms with Gasteiger partial charge in [-0.05, 0) is 132 Å². The summed E-state index contributed by atoms with van der Waals surface area (Å²) in [6.07, 6.45) is 8.05. The number of urea groups is 2. The Bertz CT molecular complexity index is 5530. The van der Waals surface area contributed by atoms with E-state index >= 15 is 0 Å². The molecular formula is C102H112N12O12. The summed E-state index contributed by atoms with van der Waals surface area (Å²) in [7, 11) is 3.34. The third kappa shape index (κ3) is 18.7. The zero-order valence-electron chi connectivity index (χ0n) is 72.8. The van der Waals surface area contributed by atoms with Crippen LogP contribution in [0.4, 0.5) is 9.59 Å². The molecule has 126 heavy (non-hydrogen) atoms. The van der Waals surface area contributed by atoms with E-state index < -0.39 is 0 Å². The Labute approximate surface area is 737 Å². The van der Waals surface area contributed by atoms with Crippen LogP contribution < -0.4 is 10.6 Å². The maximum Gasteiger partial charge on any atom is 0.317 e. The number of aliphatic hydroxyl groups is 2.